The van der Waals surface area contributed by atoms with Crippen molar-refractivity contribution in [2.75, 3.05) is 20.2 Å². The molecule has 10 heteroatoms. The Morgan fingerprint density at radius 1 is 0.963 bits per heavy atom. The van der Waals surface area contributed by atoms with E-state index in [-0.39, 0.29) is 28.4 Å². The molecule has 0 aliphatic carbocycles. The molecule has 1 aliphatic heterocycles. The number of carbonyl (C=O) groups excluding carboxylic acids is 1. The maximum atomic E-state index is 13.0. The van der Waals surface area contributed by atoms with Gasteiger partial charge in [-0.15, -0.1) is 0 Å². The van der Waals surface area contributed by atoms with Crippen molar-refractivity contribution in [1.29, 1.82) is 0 Å². The van der Waals surface area contributed by atoms with Gasteiger partial charge in [0.2, 0.25) is 10.0 Å². The molecule has 144 valence electrons. The number of ether oxygens (including phenoxy) is 1. The number of esters is 1. The maximum Gasteiger partial charge on any atom is 0.337 e. The van der Waals surface area contributed by atoms with E-state index in [0.717, 1.165) is 28.6 Å². The van der Waals surface area contributed by atoms with Crippen LogP contribution < -0.4 is 0 Å². The van der Waals surface area contributed by atoms with E-state index in [1.165, 1.54) is 31.4 Å². The van der Waals surface area contributed by atoms with Gasteiger partial charge in [0.15, 0.2) is 9.84 Å². The van der Waals surface area contributed by atoms with Crippen LogP contribution in [-0.4, -0.2) is 52.6 Å². The number of hydrogen-bond donors (Lipinski definition) is 0. The second-order valence-electron chi connectivity index (χ2n) is 5.96. The number of rotatable bonds is 5. The summed E-state index contributed by atoms with van der Waals surface area (Å²) in [6.45, 7) is -0.387. The summed E-state index contributed by atoms with van der Waals surface area (Å²) in [6.07, 6.45) is 0. The number of nitrogens with zero attached hydrogens (tertiary/aromatic N) is 1. The fraction of sp³-hybridized carbons (Fsp3) is 0.235. The monoisotopic (exact) mass is 413 g/mol. The van der Waals surface area contributed by atoms with Crippen LogP contribution in [-0.2, 0) is 24.6 Å². The average Bonchev–Trinajstić information content (AvgIpc) is 2.59. The summed E-state index contributed by atoms with van der Waals surface area (Å²) in [6, 6.07) is 9.59. The summed E-state index contributed by atoms with van der Waals surface area (Å²) in [5, 5.41) is -0.896. The van der Waals surface area contributed by atoms with Gasteiger partial charge >= 0.3 is 5.97 Å². The first-order valence-corrected chi connectivity index (χ1v) is 10.8. The molecule has 1 heterocycles. The van der Waals surface area contributed by atoms with Crippen LogP contribution in [0.4, 0.5) is 4.39 Å². The van der Waals surface area contributed by atoms with Gasteiger partial charge in [0, 0.05) is 13.1 Å². The van der Waals surface area contributed by atoms with Crippen LogP contribution in [0.2, 0.25) is 0 Å². The Bertz CT molecular complexity index is 1060. The normalized spacial score (nSPS) is 15.9. The number of benzene rings is 2. The van der Waals surface area contributed by atoms with Gasteiger partial charge < -0.3 is 4.74 Å². The predicted octanol–water partition coefficient (Wildman–Crippen LogP) is 1.46. The minimum absolute atomic E-state index is 0.0478. The summed E-state index contributed by atoms with van der Waals surface area (Å²) in [7, 11) is -6.41. The molecule has 0 radical (unpaired) electrons. The highest BCUT2D eigenvalue weighted by atomic mass is 32.2. The standard InChI is InChI=1S/C17H16FNO6S2/c1-25-17(20)12-2-6-15(7-3-12)27(23,24)19-10-16(11-19)26(21,22)14-8-4-13(18)5-9-14/h2-9,16H,10-11H2,1H3. The Morgan fingerprint density at radius 3 is 2.00 bits per heavy atom. The van der Waals surface area contributed by atoms with Crippen LogP contribution in [0.5, 0.6) is 0 Å². The Balaban J connectivity index is 1.74. The molecule has 1 aliphatic rings. The zero-order chi connectivity index (χ0) is 19.8. The van der Waals surface area contributed by atoms with Gasteiger partial charge in [-0.3, -0.25) is 0 Å². The number of halogens is 1. The third-order valence-electron chi connectivity index (χ3n) is 4.31. The lowest BCUT2D eigenvalue weighted by atomic mass is 10.2. The fourth-order valence-electron chi connectivity index (χ4n) is 2.64. The summed E-state index contributed by atoms with van der Waals surface area (Å²) in [5.41, 5.74) is 0.205. The zero-order valence-electron chi connectivity index (χ0n) is 14.2. The smallest absolute Gasteiger partial charge is 0.337 e. The van der Waals surface area contributed by atoms with Crippen LogP contribution in [0.25, 0.3) is 0 Å². The van der Waals surface area contributed by atoms with Gasteiger partial charge in [0.1, 0.15) is 5.82 Å². The van der Waals surface area contributed by atoms with Gasteiger partial charge in [-0.1, -0.05) is 0 Å². The molecule has 0 unspecified atom stereocenters. The topological polar surface area (TPSA) is 97.8 Å². The van der Waals surface area contributed by atoms with Crippen LogP contribution in [0.1, 0.15) is 10.4 Å². The molecule has 1 fully saturated rings. The quantitative estimate of drug-likeness (QED) is 0.544. The fourth-order valence-corrected chi connectivity index (χ4v) is 6.01. The Morgan fingerprint density at radius 2 is 1.48 bits per heavy atom. The van der Waals surface area contributed by atoms with Gasteiger partial charge in [0.05, 0.1) is 27.7 Å². The van der Waals surface area contributed by atoms with Gasteiger partial charge in [-0.05, 0) is 48.5 Å². The minimum Gasteiger partial charge on any atom is -0.465 e. The van der Waals surface area contributed by atoms with E-state index in [1.54, 1.807) is 0 Å². The lowest BCUT2D eigenvalue weighted by Gasteiger charge is -2.37. The van der Waals surface area contributed by atoms with Gasteiger partial charge in [0.25, 0.3) is 0 Å². The first-order chi connectivity index (χ1) is 12.7. The lowest BCUT2D eigenvalue weighted by Crippen LogP contribution is -2.56. The molecule has 2 aromatic carbocycles. The highest BCUT2D eigenvalue weighted by molar-refractivity contribution is 7.92. The third-order valence-corrected chi connectivity index (χ3v) is 8.26. The summed E-state index contributed by atoms with van der Waals surface area (Å²) in [5.74, 6) is -1.14. The van der Waals surface area contributed by atoms with Crippen molar-refractivity contribution in [1.82, 2.24) is 4.31 Å². The van der Waals surface area contributed by atoms with Crippen molar-refractivity contribution in [2.24, 2.45) is 0 Å². The highest BCUT2D eigenvalue weighted by Gasteiger charge is 2.44. The number of carbonyl (C=O) groups is 1. The first-order valence-electron chi connectivity index (χ1n) is 7.84. The SMILES string of the molecule is COC(=O)c1ccc(S(=O)(=O)N2CC(S(=O)(=O)c3ccc(F)cc3)C2)cc1. The zero-order valence-corrected chi connectivity index (χ0v) is 15.8. The van der Waals surface area contributed by atoms with Gasteiger partial charge in [-0.2, -0.15) is 4.31 Å². The molecule has 0 N–H and O–H groups in total. The maximum absolute atomic E-state index is 13.0. The largest absolute Gasteiger partial charge is 0.465 e. The third kappa shape index (κ3) is 3.60. The average molecular weight is 413 g/mol. The van der Waals surface area contributed by atoms with Crippen LogP contribution >= 0.6 is 0 Å². The van der Waals surface area contributed by atoms with Crippen molar-refractivity contribution >= 4 is 25.8 Å². The van der Waals surface area contributed by atoms with Crippen molar-refractivity contribution in [2.45, 2.75) is 15.0 Å². The predicted molar refractivity (Wildman–Crippen MR) is 93.9 cm³/mol. The number of sulfone groups is 1. The van der Waals surface area contributed by atoms with Gasteiger partial charge in [-0.25, -0.2) is 26.0 Å². The van der Waals surface area contributed by atoms with Crippen molar-refractivity contribution in [3.63, 3.8) is 0 Å². The van der Waals surface area contributed by atoms with E-state index in [1.807, 2.05) is 0 Å². The molecule has 2 aromatic rings. The van der Waals surface area contributed by atoms with E-state index in [2.05, 4.69) is 4.74 Å². The molecule has 0 bridgehead atoms. The Hall–Kier alpha value is -2.30. The van der Waals surface area contributed by atoms with Crippen LogP contribution in [0.15, 0.2) is 58.3 Å². The van der Waals surface area contributed by atoms with E-state index in [9.17, 15) is 26.0 Å². The molecule has 1 saturated heterocycles. The summed E-state index contributed by atoms with van der Waals surface area (Å²) < 4.78 is 68.7. The second-order valence-corrected chi connectivity index (χ2v) is 10.1. The minimum atomic E-state index is -3.88. The lowest BCUT2D eigenvalue weighted by molar-refractivity contribution is 0.0600. The van der Waals surface area contributed by atoms with E-state index in [4.69, 9.17) is 0 Å². The molecule has 0 saturated carbocycles. The number of sulfonamides is 1. The number of methoxy groups -OCH3 is 1. The van der Waals surface area contributed by atoms with Crippen LogP contribution in [0.3, 0.4) is 0 Å². The number of hydrogen-bond acceptors (Lipinski definition) is 6. The molecule has 0 spiro atoms. The molecule has 3 rings (SSSR count). The van der Waals surface area contributed by atoms with E-state index in [0.29, 0.717) is 0 Å². The van der Waals surface area contributed by atoms with Crippen LogP contribution in [0, 0.1) is 5.82 Å². The molecule has 7 nitrogen and oxygen atoms in total. The van der Waals surface area contributed by atoms with Crippen molar-refractivity contribution in [3.8, 4) is 0 Å². The van der Waals surface area contributed by atoms with Crippen molar-refractivity contribution < 1.29 is 30.8 Å². The molecule has 0 atom stereocenters. The molecular weight excluding hydrogens is 397 g/mol. The van der Waals surface area contributed by atoms with E-state index >= 15 is 0 Å². The molecule has 0 aromatic heterocycles. The Kier molecular flexibility index (Phi) is 5.06. The highest BCUT2D eigenvalue weighted by Crippen LogP contribution is 2.29. The molecule has 0 amide bonds. The molecule has 27 heavy (non-hydrogen) atoms. The second kappa shape index (κ2) is 7.02. The van der Waals surface area contributed by atoms with Crippen molar-refractivity contribution in [3.05, 3.63) is 59.9 Å². The summed E-state index contributed by atoms with van der Waals surface area (Å²) in [4.78, 5) is 11.3. The first kappa shape index (κ1) is 19.5. The summed E-state index contributed by atoms with van der Waals surface area (Å²) >= 11 is 0. The Labute approximate surface area is 156 Å². The van der Waals surface area contributed by atoms with E-state index < -0.39 is 36.9 Å². The molecular formula is C17H16FNO6S2.